The number of hydrogen-bond donors (Lipinski definition) is 1. The Kier molecular flexibility index (Phi) is 2.33. The van der Waals surface area contributed by atoms with Crippen molar-refractivity contribution in [2.75, 3.05) is 7.11 Å². The van der Waals surface area contributed by atoms with Crippen molar-refractivity contribution in [1.29, 1.82) is 0 Å². The molecule has 4 nitrogen and oxygen atoms in total. The van der Waals surface area contributed by atoms with Gasteiger partial charge in [0.05, 0.1) is 7.11 Å². The lowest BCUT2D eigenvalue weighted by molar-refractivity contribution is -0.136. The van der Waals surface area contributed by atoms with Gasteiger partial charge in [0, 0.05) is 11.1 Å². The summed E-state index contributed by atoms with van der Waals surface area (Å²) >= 11 is 0. The van der Waals surface area contributed by atoms with E-state index >= 15 is 0 Å². The summed E-state index contributed by atoms with van der Waals surface area (Å²) in [5.41, 5.74) is 1.71. The van der Waals surface area contributed by atoms with E-state index in [4.69, 9.17) is 14.6 Å². The van der Waals surface area contributed by atoms with E-state index in [1.807, 2.05) is 12.1 Å². The molecule has 1 aliphatic heterocycles. The first-order chi connectivity index (χ1) is 7.22. The van der Waals surface area contributed by atoms with Gasteiger partial charge < -0.3 is 14.6 Å². The minimum atomic E-state index is -1.06. The first kappa shape index (κ1) is 9.58. The van der Waals surface area contributed by atoms with Crippen LogP contribution in [0.1, 0.15) is 11.1 Å². The molecule has 1 heterocycles. The van der Waals surface area contributed by atoms with Gasteiger partial charge in [-0.25, -0.2) is 4.79 Å². The van der Waals surface area contributed by atoms with Gasteiger partial charge in [0.1, 0.15) is 12.4 Å². The summed E-state index contributed by atoms with van der Waals surface area (Å²) in [6.07, 6.45) is 1.49. The van der Waals surface area contributed by atoms with Crippen LogP contribution in [0, 0.1) is 0 Å². The highest BCUT2D eigenvalue weighted by Crippen LogP contribution is 2.29. The van der Waals surface area contributed by atoms with Crippen molar-refractivity contribution in [3.8, 4) is 5.75 Å². The van der Waals surface area contributed by atoms with Gasteiger partial charge in [-0.15, -0.1) is 0 Å². The Morgan fingerprint density at radius 2 is 2.33 bits per heavy atom. The molecule has 1 N–H and O–H groups in total. The Bertz CT molecular complexity index is 434. The van der Waals surface area contributed by atoms with Crippen molar-refractivity contribution in [3.63, 3.8) is 0 Å². The van der Waals surface area contributed by atoms with Crippen LogP contribution in [0.15, 0.2) is 24.0 Å². The summed E-state index contributed by atoms with van der Waals surface area (Å²) in [5, 5.41) is 8.79. The average molecular weight is 206 g/mol. The smallest absolute Gasteiger partial charge is 0.371 e. The van der Waals surface area contributed by atoms with Crippen molar-refractivity contribution < 1.29 is 19.4 Å². The number of aliphatic carboxylic acids is 1. The number of carboxylic acids is 1. The van der Waals surface area contributed by atoms with Crippen LogP contribution in [-0.2, 0) is 16.1 Å². The molecule has 0 fully saturated rings. The molecule has 0 radical (unpaired) electrons. The molecule has 0 aliphatic carbocycles. The number of fused-ring (bicyclic) bond motifs is 1. The minimum Gasteiger partial charge on any atom is -0.496 e. The van der Waals surface area contributed by atoms with E-state index in [0.717, 1.165) is 11.1 Å². The van der Waals surface area contributed by atoms with Crippen LogP contribution in [0.5, 0.6) is 5.75 Å². The predicted molar refractivity (Wildman–Crippen MR) is 53.4 cm³/mol. The number of methoxy groups -OCH3 is 1. The molecular formula is C11H10O4. The fourth-order valence-corrected chi connectivity index (χ4v) is 1.51. The first-order valence-electron chi connectivity index (χ1n) is 4.46. The normalized spacial score (nSPS) is 13.5. The number of carboxylic acid groups (broad SMARTS) is 1. The van der Waals surface area contributed by atoms with Crippen molar-refractivity contribution >= 4 is 12.0 Å². The molecule has 0 unspecified atom stereocenters. The van der Waals surface area contributed by atoms with Crippen molar-refractivity contribution in [2.24, 2.45) is 0 Å². The Morgan fingerprint density at radius 3 is 3.00 bits per heavy atom. The summed E-state index contributed by atoms with van der Waals surface area (Å²) < 4.78 is 10.2. The molecule has 1 aromatic carbocycles. The van der Waals surface area contributed by atoms with Gasteiger partial charge in [0.15, 0.2) is 0 Å². The molecule has 1 aromatic rings. The van der Waals surface area contributed by atoms with Gasteiger partial charge in [-0.3, -0.25) is 0 Å². The van der Waals surface area contributed by atoms with Crippen LogP contribution < -0.4 is 4.74 Å². The zero-order valence-corrected chi connectivity index (χ0v) is 8.19. The second kappa shape index (κ2) is 3.65. The third-order valence-corrected chi connectivity index (χ3v) is 2.25. The molecule has 0 atom stereocenters. The lowest BCUT2D eigenvalue weighted by Crippen LogP contribution is -2.10. The zero-order valence-electron chi connectivity index (χ0n) is 8.19. The molecule has 0 saturated heterocycles. The van der Waals surface area contributed by atoms with E-state index in [-0.39, 0.29) is 12.4 Å². The first-order valence-corrected chi connectivity index (χ1v) is 4.46. The molecule has 0 aromatic heterocycles. The second-order valence-corrected chi connectivity index (χ2v) is 3.14. The molecule has 1 aliphatic rings. The molecule has 0 bridgehead atoms. The fourth-order valence-electron chi connectivity index (χ4n) is 1.51. The number of hydrogen-bond acceptors (Lipinski definition) is 3. The summed E-state index contributed by atoms with van der Waals surface area (Å²) in [5.74, 6) is -0.451. The molecular weight excluding hydrogens is 196 g/mol. The quantitative estimate of drug-likeness (QED) is 0.799. The van der Waals surface area contributed by atoms with Crippen LogP contribution in [0.4, 0.5) is 0 Å². The Balaban J connectivity index is 2.51. The van der Waals surface area contributed by atoms with Gasteiger partial charge in [-0.2, -0.15) is 0 Å². The van der Waals surface area contributed by atoms with E-state index in [9.17, 15) is 4.79 Å². The highest BCUT2D eigenvalue weighted by Gasteiger charge is 2.18. The molecule has 4 heteroatoms. The van der Waals surface area contributed by atoms with Crippen LogP contribution in [0.25, 0.3) is 6.08 Å². The number of rotatable bonds is 2. The van der Waals surface area contributed by atoms with E-state index in [1.165, 1.54) is 6.08 Å². The highest BCUT2D eigenvalue weighted by atomic mass is 16.5. The van der Waals surface area contributed by atoms with Gasteiger partial charge >= 0.3 is 5.97 Å². The predicted octanol–water partition coefficient (Wildman–Crippen LogP) is 1.65. The van der Waals surface area contributed by atoms with Crippen molar-refractivity contribution in [3.05, 3.63) is 35.1 Å². The molecule has 78 valence electrons. The maximum Gasteiger partial charge on any atom is 0.371 e. The summed E-state index contributed by atoms with van der Waals surface area (Å²) in [4.78, 5) is 10.7. The van der Waals surface area contributed by atoms with E-state index < -0.39 is 5.97 Å². The largest absolute Gasteiger partial charge is 0.496 e. The lowest BCUT2D eigenvalue weighted by atomic mass is 10.0. The Hall–Kier alpha value is -1.97. The minimum absolute atomic E-state index is 0.0491. The number of ether oxygens (including phenoxy) is 2. The third-order valence-electron chi connectivity index (χ3n) is 2.25. The van der Waals surface area contributed by atoms with Crippen LogP contribution in [0.2, 0.25) is 0 Å². The second-order valence-electron chi connectivity index (χ2n) is 3.14. The standard InChI is InChI=1S/C11H10O4/c1-14-9-4-2-3-7-6-15-10(11(12)13)5-8(7)9/h2-5H,6H2,1H3,(H,12,13). The maximum atomic E-state index is 10.7. The number of benzene rings is 1. The van der Waals surface area contributed by atoms with Gasteiger partial charge in [-0.1, -0.05) is 12.1 Å². The molecule has 0 amide bonds. The van der Waals surface area contributed by atoms with Crippen LogP contribution >= 0.6 is 0 Å². The van der Waals surface area contributed by atoms with Crippen LogP contribution in [-0.4, -0.2) is 18.2 Å². The van der Waals surface area contributed by atoms with Gasteiger partial charge in [-0.05, 0) is 12.1 Å². The fraction of sp³-hybridized carbons (Fsp3) is 0.182. The monoisotopic (exact) mass is 206 g/mol. The maximum absolute atomic E-state index is 10.7. The summed E-state index contributed by atoms with van der Waals surface area (Å²) in [6.45, 7) is 0.269. The van der Waals surface area contributed by atoms with Gasteiger partial charge in [0.2, 0.25) is 5.76 Å². The third kappa shape index (κ3) is 1.66. The Morgan fingerprint density at radius 1 is 1.53 bits per heavy atom. The number of carbonyl (C=O) groups is 1. The van der Waals surface area contributed by atoms with Gasteiger partial charge in [0.25, 0.3) is 0 Å². The lowest BCUT2D eigenvalue weighted by Gasteiger charge is -2.17. The summed E-state index contributed by atoms with van der Waals surface area (Å²) in [6, 6.07) is 5.52. The molecule has 0 saturated carbocycles. The molecule has 2 rings (SSSR count). The van der Waals surface area contributed by atoms with E-state index in [2.05, 4.69) is 0 Å². The van der Waals surface area contributed by atoms with Crippen LogP contribution in [0.3, 0.4) is 0 Å². The Labute approximate surface area is 86.7 Å². The summed E-state index contributed by atoms with van der Waals surface area (Å²) in [7, 11) is 1.55. The molecule has 0 spiro atoms. The van der Waals surface area contributed by atoms with E-state index in [1.54, 1.807) is 13.2 Å². The zero-order chi connectivity index (χ0) is 10.8. The van der Waals surface area contributed by atoms with Crippen molar-refractivity contribution in [1.82, 2.24) is 0 Å². The highest BCUT2D eigenvalue weighted by molar-refractivity contribution is 5.91. The van der Waals surface area contributed by atoms with Crippen molar-refractivity contribution in [2.45, 2.75) is 6.61 Å². The SMILES string of the molecule is COc1cccc2c1C=C(C(=O)O)OC2. The topological polar surface area (TPSA) is 55.8 Å². The van der Waals surface area contributed by atoms with E-state index in [0.29, 0.717) is 5.75 Å². The molecule has 15 heavy (non-hydrogen) atoms. The average Bonchev–Trinajstić information content (AvgIpc) is 2.27.